The van der Waals surface area contributed by atoms with Gasteiger partial charge in [0, 0.05) is 11.8 Å². The highest BCUT2D eigenvalue weighted by Crippen LogP contribution is 2.39. The summed E-state index contributed by atoms with van der Waals surface area (Å²) in [5.41, 5.74) is -0.798. The number of anilines is 1. The molecular formula is C22H16Cl2N4O6S. The van der Waals surface area contributed by atoms with Crippen LogP contribution in [-0.2, 0) is 16.6 Å². The molecule has 1 aromatic heterocycles. The maximum atomic E-state index is 13.0. The van der Waals surface area contributed by atoms with Crippen molar-refractivity contribution in [1.82, 2.24) is 14.8 Å². The van der Waals surface area contributed by atoms with Crippen molar-refractivity contribution in [2.75, 3.05) is 4.72 Å². The number of nitrogens with zero attached hydrogens (tertiary/aromatic N) is 2. The molecule has 0 amide bonds. The summed E-state index contributed by atoms with van der Waals surface area (Å²) >= 11 is 12.6. The van der Waals surface area contributed by atoms with Crippen LogP contribution in [0.4, 0.5) is 5.69 Å². The minimum absolute atomic E-state index is 0.00864. The van der Waals surface area contributed by atoms with Gasteiger partial charge in [0.15, 0.2) is 5.75 Å². The lowest BCUT2D eigenvalue weighted by atomic mass is 10.2. The van der Waals surface area contributed by atoms with Crippen LogP contribution >= 0.6 is 23.2 Å². The van der Waals surface area contributed by atoms with Gasteiger partial charge in [0.25, 0.3) is 15.6 Å². The monoisotopic (exact) mass is 534 g/mol. The van der Waals surface area contributed by atoms with Crippen LogP contribution in [0.25, 0.3) is 5.69 Å². The van der Waals surface area contributed by atoms with E-state index in [4.69, 9.17) is 27.9 Å². The molecule has 0 aliphatic rings. The largest absolute Gasteiger partial charge is 0.454 e. The SMILES string of the molecule is O=c1cnn(-c2cc(Cl)c(Oc3ccc(CO)c(S(=O)(=O)Nc4ccccc4)c3)c(Cl)c2)c(=O)[nH]1. The topological polar surface area (TPSA) is 143 Å². The van der Waals surface area contributed by atoms with Crippen LogP contribution in [0.2, 0.25) is 10.0 Å². The maximum absolute atomic E-state index is 13.0. The van der Waals surface area contributed by atoms with Gasteiger partial charge in [0.05, 0.1) is 27.2 Å². The predicted octanol–water partition coefficient (Wildman–Crippen LogP) is 3.31. The van der Waals surface area contributed by atoms with Crippen molar-refractivity contribution < 1.29 is 18.3 Å². The van der Waals surface area contributed by atoms with E-state index >= 15 is 0 Å². The number of ether oxygens (including phenoxy) is 1. The van der Waals surface area contributed by atoms with Gasteiger partial charge in [-0.25, -0.2) is 13.2 Å². The molecule has 3 aromatic carbocycles. The van der Waals surface area contributed by atoms with E-state index in [9.17, 15) is 23.1 Å². The van der Waals surface area contributed by atoms with E-state index in [0.717, 1.165) is 10.9 Å². The average molecular weight is 535 g/mol. The molecule has 0 unspecified atom stereocenters. The van der Waals surface area contributed by atoms with E-state index in [2.05, 4.69) is 14.8 Å². The number of para-hydroxylation sites is 1. The minimum atomic E-state index is -4.07. The number of aliphatic hydroxyl groups excluding tert-OH is 1. The standard InChI is InChI=1S/C22H16Cl2N4O6S/c23-17-8-15(28-22(31)26-20(30)11-25-28)9-18(24)21(17)34-16-7-6-13(12-29)19(10-16)35(32,33)27-14-4-2-1-3-5-14/h1-11,27,29H,12H2,(H,26,30,31). The van der Waals surface area contributed by atoms with Crippen molar-refractivity contribution in [3.63, 3.8) is 0 Å². The second-order valence-corrected chi connectivity index (χ2v) is 9.56. The van der Waals surface area contributed by atoms with Crippen LogP contribution in [0, 0.1) is 0 Å². The first kappa shape index (κ1) is 24.5. The number of halogens is 2. The van der Waals surface area contributed by atoms with E-state index in [1.165, 1.54) is 30.3 Å². The highest BCUT2D eigenvalue weighted by atomic mass is 35.5. The number of benzene rings is 3. The summed E-state index contributed by atoms with van der Waals surface area (Å²) in [6, 6.07) is 15.0. The second-order valence-electron chi connectivity index (χ2n) is 7.09. The summed E-state index contributed by atoms with van der Waals surface area (Å²) in [4.78, 5) is 25.1. The fraction of sp³-hybridized carbons (Fsp3) is 0.0455. The quantitative estimate of drug-likeness (QED) is 0.330. The fourth-order valence-corrected chi connectivity index (χ4v) is 4.97. The number of aromatic nitrogens is 3. The Bertz CT molecular complexity index is 1600. The van der Waals surface area contributed by atoms with E-state index in [0.29, 0.717) is 5.69 Å². The van der Waals surface area contributed by atoms with E-state index < -0.39 is 27.9 Å². The lowest BCUT2D eigenvalue weighted by Gasteiger charge is -2.15. The Morgan fingerprint density at radius 2 is 1.71 bits per heavy atom. The summed E-state index contributed by atoms with van der Waals surface area (Å²) in [6.07, 6.45) is 0.918. The van der Waals surface area contributed by atoms with Crippen LogP contribution in [0.3, 0.4) is 0 Å². The zero-order valence-electron chi connectivity index (χ0n) is 17.6. The van der Waals surface area contributed by atoms with Gasteiger partial charge in [-0.05, 0) is 35.9 Å². The number of H-pyrrole nitrogens is 1. The number of aliphatic hydroxyl groups is 1. The molecular weight excluding hydrogens is 519 g/mol. The summed E-state index contributed by atoms with van der Waals surface area (Å²) < 4.78 is 35.1. The van der Waals surface area contributed by atoms with Crippen molar-refractivity contribution in [3.8, 4) is 17.2 Å². The number of hydrogen-bond acceptors (Lipinski definition) is 7. The van der Waals surface area contributed by atoms with Gasteiger partial charge in [-0.3, -0.25) is 14.5 Å². The summed E-state index contributed by atoms with van der Waals surface area (Å²) in [6.45, 7) is -0.525. The number of nitrogens with one attached hydrogen (secondary N) is 2. The molecule has 4 rings (SSSR count). The zero-order chi connectivity index (χ0) is 25.2. The molecule has 180 valence electrons. The molecule has 10 nitrogen and oxygen atoms in total. The van der Waals surface area contributed by atoms with Crippen molar-refractivity contribution >= 4 is 38.9 Å². The van der Waals surface area contributed by atoms with Gasteiger partial charge in [0.2, 0.25) is 0 Å². The smallest absolute Gasteiger partial charge is 0.349 e. The lowest BCUT2D eigenvalue weighted by molar-refractivity contribution is 0.278. The summed E-state index contributed by atoms with van der Waals surface area (Å²) in [5, 5.41) is 13.4. The van der Waals surface area contributed by atoms with Gasteiger partial charge in [0.1, 0.15) is 11.9 Å². The Balaban J connectivity index is 1.69. The molecule has 4 aromatic rings. The van der Waals surface area contributed by atoms with Gasteiger partial charge in [-0.15, -0.1) is 0 Å². The average Bonchev–Trinajstić information content (AvgIpc) is 2.81. The zero-order valence-corrected chi connectivity index (χ0v) is 19.9. The van der Waals surface area contributed by atoms with E-state index in [-0.39, 0.29) is 37.7 Å². The first-order chi connectivity index (χ1) is 16.7. The van der Waals surface area contributed by atoms with Gasteiger partial charge >= 0.3 is 5.69 Å². The van der Waals surface area contributed by atoms with Crippen LogP contribution in [0.1, 0.15) is 5.56 Å². The first-order valence-corrected chi connectivity index (χ1v) is 12.1. The molecule has 35 heavy (non-hydrogen) atoms. The van der Waals surface area contributed by atoms with Gasteiger partial charge < -0.3 is 9.84 Å². The maximum Gasteiger partial charge on any atom is 0.349 e. The molecule has 0 atom stereocenters. The highest BCUT2D eigenvalue weighted by Gasteiger charge is 2.21. The van der Waals surface area contributed by atoms with Gasteiger partial charge in [-0.2, -0.15) is 9.78 Å². The van der Waals surface area contributed by atoms with Crippen LogP contribution < -0.4 is 20.7 Å². The minimum Gasteiger partial charge on any atom is -0.454 e. The van der Waals surface area contributed by atoms with Crippen LogP contribution in [0.5, 0.6) is 11.5 Å². The number of hydrogen-bond donors (Lipinski definition) is 3. The summed E-state index contributed by atoms with van der Waals surface area (Å²) in [7, 11) is -4.07. The highest BCUT2D eigenvalue weighted by molar-refractivity contribution is 7.92. The van der Waals surface area contributed by atoms with E-state index in [1.807, 2.05) is 0 Å². The molecule has 1 heterocycles. The Morgan fingerprint density at radius 3 is 2.34 bits per heavy atom. The first-order valence-electron chi connectivity index (χ1n) is 9.85. The van der Waals surface area contributed by atoms with Crippen molar-refractivity contribution in [2.45, 2.75) is 11.5 Å². The molecule has 0 fully saturated rings. The molecule has 13 heteroatoms. The molecule has 0 aliphatic heterocycles. The normalized spacial score (nSPS) is 11.3. The Kier molecular flexibility index (Phi) is 6.94. The fourth-order valence-electron chi connectivity index (χ4n) is 3.12. The third-order valence-electron chi connectivity index (χ3n) is 4.68. The van der Waals surface area contributed by atoms with Crippen LogP contribution in [-0.4, -0.2) is 28.3 Å². The van der Waals surface area contributed by atoms with Gasteiger partial charge in [-0.1, -0.05) is 47.5 Å². The summed E-state index contributed by atoms with van der Waals surface area (Å²) in [5.74, 6) is 0.0668. The lowest BCUT2D eigenvalue weighted by Crippen LogP contribution is -2.30. The molecule has 0 aliphatic carbocycles. The Hall–Kier alpha value is -3.64. The molecule has 0 saturated heterocycles. The third kappa shape index (κ3) is 5.38. The Morgan fingerprint density at radius 1 is 1.03 bits per heavy atom. The Labute approximate surface area is 208 Å². The number of aromatic amines is 1. The van der Waals surface area contributed by atoms with Crippen molar-refractivity contribution in [3.05, 3.63) is 103 Å². The third-order valence-corrected chi connectivity index (χ3v) is 6.71. The van der Waals surface area contributed by atoms with Crippen molar-refractivity contribution in [1.29, 1.82) is 0 Å². The van der Waals surface area contributed by atoms with E-state index in [1.54, 1.807) is 30.3 Å². The molecule has 0 spiro atoms. The molecule has 0 radical (unpaired) electrons. The van der Waals surface area contributed by atoms with Crippen molar-refractivity contribution in [2.24, 2.45) is 0 Å². The molecule has 0 saturated carbocycles. The predicted molar refractivity (Wildman–Crippen MR) is 130 cm³/mol. The number of sulfonamides is 1. The number of rotatable bonds is 7. The molecule has 0 bridgehead atoms. The molecule has 3 N–H and O–H groups in total. The second kappa shape index (κ2) is 9.92. The van der Waals surface area contributed by atoms with Crippen LogP contribution in [0.15, 0.2) is 81.3 Å².